The lowest BCUT2D eigenvalue weighted by molar-refractivity contribution is 0.217. The quantitative estimate of drug-likeness (QED) is 0.427. The summed E-state index contributed by atoms with van der Waals surface area (Å²) in [6.07, 6.45) is 0.826. The molecule has 0 saturated heterocycles. The molecule has 2 aromatic carbocycles. The Hall–Kier alpha value is -1.26. The van der Waals surface area contributed by atoms with Gasteiger partial charge in [0.25, 0.3) is 0 Å². The first-order valence-corrected chi connectivity index (χ1v) is 11.1. The Morgan fingerprint density at radius 3 is 1.80 bits per heavy atom. The van der Waals surface area contributed by atoms with Crippen LogP contribution in [0.25, 0.3) is 21.2 Å². The molecule has 0 aliphatic rings. The van der Waals surface area contributed by atoms with Crippen LogP contribution in [0.1, 0.15) is 33.4 Å². The minimum atomic E-state index is -0.363. The number of hydrogen-bond acceptors (Lipinski definition) is 1. The molecule has 0 atom stereocenters. The third-order valence-corrected chi connectivity index (χ3v) is 9.69. The van der Waals surface area contributed by atoms with Gasteiger partial charge in [-0.1, -0.05) is 49.2 Å². The Kier molecular flexibility index (Phi) is 5.31. The molecule has 1 aromatic heterocycles. The number of methoxy groups -OCH3 is 1. The van der Waals surface area contributed by atoms with Crippen molar-refractivity contribution >= 4 is 15.7 Å². The van der Waals surface area contributed by atoms with Crippen molar-refractivity contribution < 1.29 is 4.74 Å². The van der Waals surface area contributed by atoms with E-state index in [0.29, 0.717) is 0 Å². The van der Waals surface area contributed by atoms with Gasteiger partial charge in [0.2, 0.25) is 0 Å². The predicted molar refractivity (Wildman–Crippen MR) is 114 cm³/mol. The lowest BCUT2D eigenvalue weighted by atomic mass is 10.0. The third-order valence-electron chi connectivity index (χ3n) is 4.78. The Labute approximate surface area is 154 Å². The van der Waals surface area contributed by atoms with Crippen LogP contribution in [0, 0.1) is 41.5 Å². The maximum atomic E-state index is 5.64. The molecule has 0 fully saturated rings. The number of rotatable bonds is 4. The van der Waals surface area contributed by atoms with E-state index in [-0.39, 0.29) is 7.53 Å². The summed E-state index contributed by atoms with van der Waals surface area (Å²) in [6.45, 7) is 13.4. The van der Waals surface area contributed by atoms with Crippen molar-refractivity contribution in [2.24, 2.45) is 0 Å². The van der Waals surface area contributed by atoms with E-state index in [1.807, 2.05) is 7.11 Å². The normalized spacial score (nSPS) is 12.4. The van der Waals surface area contributed by atoms with E-state index in [1.165, 1.54) is 52.7 Å². The first-order chi connectivity index (χ1) is 11.8. The molecule has 132 valence electrons. The van der Waals surface area contributed by atoms with Gasteiger partial charge < -0.3 is 4.74 Å². The van der Waals surface area contributed by atoms with E-state index in [9.17, 15) is 0 Å². The maximum absolute atomic E-state index is 5.64. The van der Waals surface area contributed by atoms with Crippen molar-refractivity contribution in [2.45, 2.75) is 47.9 Å². The van der Waals surface area contributed by atoms with Gasteiger partial charge in [-0.15, -0.1) is 32.4 Å². The summed E-state index contributed by atoms with van der Waals surface area (Å²) >= 11 is 0. The fourth-order valence-electron chi connectivity index (χ4n) is 3.98. The summed E-state index contributed by atoms with van der Waals surface area (Å²) in [5.74, 6) is 0. The predicted octanol–water partition coefficient (Wildman–Crippen LogP) is 7.76. The number of aryl methyl sites for hydroxylation is 6. The fourth-order valence-corrected chi connectivity index (χ4v) is 8.88. The van der Waals surface area contributed by atoms with Crippen molar-refractivity contribution in [3.8, 4) is 21.2 Å². The topological polar surface area (TPSA) is 9.23 Å². The van der Waals surface area contributed by atoms with Crippen LogP contribution in [-0.2, 0) is 11.1 Å². The molecule has 0 bridgehead atoms. The molecule has 0 N–H and O–H groups in total. The molecule has 1 heterocycles. The monoisotopic (exact) mass is 369 g/mol. The average molecular weight is 369 g/mol. The summed E-state index contributed by atoms with van der Waals surface area (Å²) in [5.41, 5.74) is 11.3. The Morgan fingerprint density at radius 2 is 1.32 bits per heavy atom. The van der Waals surface area contributed by atoms with Crippen LogP contribution >= 0.6 is 15.7 Å². The fraction of sp³-hybridized carbons (Fsp3) is 0.364. The first kappa shape index (κ1) is 18.5. The van der Waals surface area contributed by atoms with E-state index in [0.717, 1.165) is 6.35 Å². The van der Waals surface area contributed by atoms with Crippen LogP contribution < -0.4 is 0 Å². The van der Waals surface area contributed by atoms with Crippen LogP contribution in [0.15, 0.2) is 24.3 Å². The minimum Gasteiger partial charge on any atom is -0.377 e. The molecule has 3 heteroatoms. The van der Waals surface area contributed by atoms with E-state index < -0.39 is 0 Å². The molecule has 1 nitrogen and oxygen atoms in total. The molecule has 3 aromatic rings. The molecular weight excluding hydrogens is 342 g/mol. The van der Waals surface area contributed by atoms with Crippen LogP contribution in [0.4, 0.5) is 0 Å². The van der Waals surface area contributed by atoms with Crippen molar-refractivity contribution in [1.82, 2.24) is 0 Å². The summed E-state index contributed by atoms with van der Waals surface area (Å²) < 4.78 is 5.64. The van der Waals surface area contributed by atoms with Crippen molar-refractivity contribution in [3.63, 3.8) is 0 Å². The first-order valence-electron chi connectivity index (χ1n) is 8.72. The molecule has 0 saturated carbocycles. The number of benzene rings is 2. The van der Waals surface area contributed by atoms with Gasteiger partial charge in [0, 0.05) is 7.11 Å². The summed E-state index contributed by atoms with van der Waals surface area (Å²) in [4.78, 5) is 0. The van der Waals surface area contributed by atoms with Crippen LogP contribution in [0.2, 0.25) is 0 Å². The second-order valence-electron chi connectivity index (χ2n) is 7.15. The van der Waals surface area contributed by atoms with Crippen molar-refractivity contribution in [2.75, 3.05) is 7.11 Å². The van der Waals surface area contributed by atoms with Gasteiger partial charge in [0.1, 0.15) is 0 Å². The standard InChI is InChI=1S/C22H27OP2/c1-13-8-15(3)19(16(4)9-13)21-24-22(25(21)12-23-7)20-17(5)10-14(2)11-18(20)6/h8-11H,12H2,1-7H3/q-1. The largest absolute Gasteiger partial charge is 0.377 e. The summed E-state index contributed by atoms with van der Waals surface area (Å²) in [5, 5.41) is 3.17. The van der Waals surface area contributed by atoms with Gasteiger partial charge in [0.05, 0.1) is 6.35 Å². The van der Waals surface area contributed by atoms with Gasteiger partial charge in [0.15, 0.2) is 0 Å². The zero-order chi connectivity index (χ0) is 18.3. The van der Waals surface area contributed by atoms with Crippen molar-refractivity contribution in [3.05, 3.63) is 57.6 Å². The highest BCUT2D eigenvalue weighted by Crippen LogP contribution is 2.65. The summed E-state index contributed by atoms with van der Waals surface area (Å²) in [7, 11) is 2.86. The highest BCUT2D eigenvalue weighted by Gasteiger charge is 2.17. The molecule has 0 unspecified atom stereocenters. The molecule has 0 radical (unpaired) electrons. The minimum absolute atomic E-state index is 0.363. The Morgan fingerprint density at radius 1 is 0.840 bits per heavy atom. The highest BCUT2D eigenvalue weighted by atomic mass is 31.1. The summed E-state index contributed by atoms with van der Waals surface area (Å²) in [6, 6.07) is 9.24. The van der Waals surface area contributed by atoms with E-state index in [2.05, 4.69) is 65.8 Å². The van der Waals surface area contributed by atoms with Gasteiger partial charge in [-0.05, 0) is 54.4 Å². The third kappa shape index (κ3) is 3.39. The molecule has 25 heavy (non-hydrogen) atoms. The maximum Gasteiger partial charge on any atom is 0.0729 e. The molecule has 0 aliphatic carbocycles. The zero-order valence-corrected chi connectivity index (χ0v) is 18.1. The van der Waals surface area contributed by atoms with Gasteiger partial charge in [-0.2, -0.15) is 0 Å². The van der Waals surface area contributed by atoms with E-state index in [4.69, 9.17) is 4.74 Å². The van der Waals surface area contributed by atoms with Gasteiger partial charge in [-0.25, -0.2) is 0 Å². The molecular formula is C22H27OP2-. The lowest BCUT2D eigenvalue weighted by Gasteiger charge is -2.30. The van der Waals surface area contributed by atoms with Crippen LogP contribution in [-0.4, -0.2) is 7.11 Å². The second-order valence-corrected chi connectivity index (χ2v) is 11.0. The Bertz CT molecular complexity index is 811. The second kappa shape index (κ2) is 7.16. The molecule has 0 spiro atoms. The number of ether oxygens (including phenoxy) is 1. The molecule has 0 aliphatic heterocycles. The number of hydrogen-bond donors (Lipinski definition) is 0. The molecule has 3 rings (SSSR count). The van der Waals surface area contributed by atoms with Gasteiger partial charge in [-0.3, -0.25) is 0 Å². The zero-order valence-electron chi connectivity index (χ0n) is 16.3. The Balaban J connectivity index is 2.17. The lowest BCUT2D eigenvalue weighted by Crippen LogP contribution is -1.94. The van der Waals surface area contributed by atoms with Crippen LogP contribution in [0.3, 0.4) is 0 Å². The van der Waals surface area contributed by atoms with Crippen LogP contribution in [0.5, 0.6) is 0 Å². The molecule has 0 amide bonds. The van der Waals surface area contributed by atoms with Crippen molar-refractivity contribution in [1.29, 1.82) is 0 Å². The van der Waals surface area contributed by atoms with E-state index >= 15 is 0 Å². The average Bonchev–Trinajstić information content (AvgIpc) is 2.48. The highest BCUT2D eigenvalue weighted by molar-refractivity contribution is 7.78. The van der Waals surface area contributed by atoms with Gasteiger partial charge >= 0.3 is 0 Å². The van der Waals surface area contributed by atoms with E-state index in [1.54, 1.807) is 10.1 Å². The smallest absolute Gasteiger partial charge is 0.0729 e. The SMILES string of the molecule is COCp1c(-c2c(C)cc(C)cc2C)p[c-]1-c1c(C)cc(C)cc1C.